The predicted molar refractivity (Wildman–Crippen MR) is 120 cm³/mol. The van der Waals surface area contributed by atoms with E-state index in [9.17, 15) is 31.5 Å². The van der Waals surface area contributed by atoms with Crippen molar-refractivity contribution in [2.45, 2.75) is 44.2 Å². The highest BCUT2D eigenvalue weighted by Gasteiger charge is 2.56. The van der Waals surface area contributed by atoms with E-state index in [1.807, 2.05) is 19.1 Å². The van der Waals surface area contributed by atoms with Crippen molar-refractivity contribution >= 4 is 17.4 Å². The fraction of sp³-hybridized carbons (Fsp3) is 0.304. The first-order valence-electron chi connectivity index (χ1n) is 11.0. The number of anilines is 1. The summed E-state index contributed by atoms with van der Waals surface area (Å²) in [5.41, 5.74) is -0.650. The van der Waals surface area contributed by atoms with Gasteiger partial charge in [0.05, 0.1) is 17.5 Å². The molecule has 192 valence electrons. The number of rotatable bonds is 5. The third kappa shape index (κ3) is 3.92. The van der Waals surface area contributed by atoms with Gasteiger partial charge in [0.25, 0.3) is 5.56 Å². The number of carbonyl (C=O) groups excluding carboxylic acids is 1. The summed E-state index contributed by atoms with van der Waals surface area (Å²) in [6.07, 6.45) is -5.69. The van der Waals surface area contributed by atoms with E-state index in [-0.39, 0.29) is 34.2 Å². The van der Waals surface area contributed by atoms with E-state index in [1.54, 1.807) is 19.1 Å². The zero-order chi connectivity index (χ0) is 26.8. The van der Waals surface area contributed by atoms with Crippen molar-refractivity contribution in [1.82, 2.24) is 29.5 Å². The van der Waals surface area contributed by atoms with Gasteiger partial charge in [-0.2, -0.15) is 27.1 Å². The molecule has 4 aromatic rings. The molecule has 5 rings (SSSR count). The molecule has 37 heavy (non-hydrogen) atoms. The van der Waals surface area contributed by atoms with Crippen molar-refractivity contribution in [3.8, 4) is 11.5 Å². The third-order valence-corrected chi connectivity index (χ3v) is 6.40. The van der Waals surface area contributed by atoms with Crippen molar-refractivity contribution in [3.63, 3.8) is 0 Å². The van der Waals surface area contributed by atoms with Crippen LogP contribution in [0.4, 0.5) is 27.8 Å². The number of fused-ring (bicyclic) bond motifs is 2. The molecule has 0 bridgehead atoms. The van der Waals surface area contributed by atoms with Crippen LogP contribution < -0.4 is 10.9 Å². The molecular weight excluding hydrogens is 501 g/mol. The number of aromatic nitrogens is 6. The molecule has 0 spiro atoms. The van der Waals surface area contributed by atoms with Crippen molar-refractivity contribution in [3.05, 3.63) is 69.5 Å². The van der Waals surface area contributed by atoms with E-state index in [0.29, 0.717) is 5.56 Å². The molecule has 9 nitrogen and oxygen atoms in total. The Bertz CT molecular complexity index is 1590. The number of alkyl halides is 5. The molecule has 0 radical (unpaired) electrons. The summed E-state index contributed by atoms with van der Waals surface area (Å²) in [5.74, 6) is -5.57. The van der Waals surface area contributed by atoms with Gasteiger partial charge in [0.1, 0.15) is 23.3 Å². The smallest absolute Gasteiger partial charge is 0.309 e. The third-order valence-electron chi connectivity index (χ3n) is 6.40. The SMILES string of the molecule is Cc1ccc(C2(C)C(=O)Nc3nc(-c4cn5ncnc5c(CCC(F)(F)C(F)(F)F)n4)[nH]c(=O)c32)cc1. The maximum absolute atomic E-state index is 13.5. The first-order valence-corrected chi connectivity index (χ1v) is 11.0. The van der Waals surface area contributed by atoms with E-state index < -0.39 is 41.8 Å². The lowest BCUT2D eigenvalue weighted by Gasteiger charge is -2.22. The standard InChI is InChI=1S/C23H18F5N7O2/c1-11-3-5-12(6-4-11)21(2)15-17(34-20(21)37)32-16(33-19(15)36)14-9-35-18(29-10-30-35)13(31-14)7-8-22(24,25)23(26,27)28/h3-6,9-10H,7-8H2,1-2H3,(H2,32,33,34,36,37). The van der Waals surface area contributed by atoms with E-state index >= 15 is 0 Å². The van der Waals surface area contributed by atoms with Gasteiger partial charge in [0.15, 0.2) is 11.5 Å². The van der Waals surface area contributed by atoms with E-state index in [1.165, 1.54) is 6.20 Å². The van der Waals surface area contributed by atoms with Gasteiger partial charge in [-0.15, -0.1) is 0 Å². The highest BCUT2D eigenvalue weighted by molar-refractivity contribution is 6.07. The minimum Gasteiger partial charge on any atom is -0.309 e. The number of amides is 1. The number of hydrogen-bond donors (Lipinski definition) is 2. The predicted octanol–water partition coefficient (Wildman–Crippen LogP) is 3.57. The first-order chi connectivity index (χ1) is 17.3. The second-order valence-electron chi connectivity index (χ2n) is 8.89. The fourth-order valence-corrected chi connectivity index (χ4v) is 4.25. The van der Waals surface area contributed by atoms with E-state index in [4.69, 9.17) is 0 Å². The number of H-pyrrole nitrogens is 1. The minimum atomic E-state index is -5.72. The van der Waals surface area contributed by atoms with E-state index in [0.717, 1.165) is 16.4 Å². The van der Waals surface area contributed by atoms with Crippen molar-refractivity contribution in [2.24, 2.45) is 0 Å². The molecule has 1 unspecified atom stereocenters. The van der Waals surface area contributed by atoms with Crippen LogP contribution in [0.25, 0.3) is 17.2 Å². The molecule has 0 fully saturated rings. The Morgan fingerprint density at radius 3 is 2.43 bits per heavy atom. The summed E-state index contributed by atoms with van der Waals surface area (Å²) in [7, 11) is 0. The molecule has 0 saturated carbocycles. The molecular formula is C23H18F5N7O2. The van der Waals surface area contributed by atoms with Crippen LogP contribution in [-0.4, -0.2) is 47.6 Å². The van der Waals surface area contributed by atoms with Gasteiger partial charge >= 0.3 is 12.1 Å². The molecule has 0 aliphatic carbocycles. The Kier molecular flexibility index (Phi) is 5.39. The second-order valence-corrected chi connectivity index (χ2v) is 8.89. The molecule has 1 aliphatic rings. The summed E-state index contributed by atoms with van der Waals surface area (Å²) < 4.78 is 66.2. The molecule has 14 heteroatoms. The van der Waals surface area contributed by atoms with Crippen LogP contribution in [0.2, 0.25) is 0 Å². The molecule has 1 amide bonds. The lowest BCUT2D eigenvalue weighted by atomic mass is 9.78. The summed E-state index contributed by atoms with van der Waals surface area (Å²) in [6.45, 7) is 3.47. The summed E-state index contributed by atoms with van der Waals surface area (Å²) in [4.78, 5) is 41.1. The molecule has 4 heterocycles. The van der Waals surface area contributed by atoms with Gasteiger partial charge < -0.3 is 10.3 Å². The van der Waals surface area contributed by atoms with Gasteiger partial charge in [0.2, 0.25) is 5.91 Å². The molecule has 2 N–H and O–H groups in total. The van der Waals surface area contributed by atoms with Gasteiger partial charge in [-0.1, -0.05) is 29.8 Å². The average Bonchev–Trinajstić information content (AvgIpc) is 3.40. The van der Waals surface area contributed by atoms with Crippen LogP contribution in [0.15, 0.2) is 41.6 Å². The van der Waals surface area contributed by atoms with Gasteiger partial charge in [-0.3, -0.25) is 9.59 Å². The maximum atomic E-state index is 13.5. The summed E-state index contributed by atoms with van der Waals surface area (Å²) in [5, 5.41) is 6.51. The van der Waals surface area contributed by atoms with Crippen molar-refractivity contribution in [2.75, 3.05) is 5.32 Å². The zero-order valence-corrected chi connectivity index (χ0v) is 19.3. The van der Waals surface area contributed by atoms with Crippen LogP contribution >= 0.6 is 0 Å². The lowest BCUT2D eigenvalue weighted by Crippen LogP contribution is -2.36. The Balaban J connectivity index is 1.57. The summed E-state index contributed by atoms with van der Waals surface area (Å²) >= 11 is 0. The van der Waals surface area contributed by atoms with Gasteiger partial charge in [-0.05, 0) is 25.8 Å². The van der Waals surface area contributed by atoms with Gasteiger partial charge in [-0.25, -0.2) is 19.5 Å². The Morgan fingerprint density at radius 1 is 1.05 bits per heavy atom. The molecule has 1 aromatic carbocycles. The molecule has 1 aliphatic heterocycles. The number of aromatic amines is 1. The first kappa shape index (κ1) is 24.5. The van der Waals surface area contributed by atoms with Crippen LogP contribution in [0.3, 0.4) is 0 Å². The lowest BCUT2D eigenvalue weighted by molar-refractivity contribution is -0.284. The van der Waals surface area contributed by atoms with Crippen LogP contribution in [0.1, 0.15) is 35.7 Å². The van der Waals surface area contributed by atoms with Crippen molar-refractivity contribution in [1.29, 1.82) is 0 Å². The van der Waals surface area contributed by atoms with Crippen LogP contribution in [0, 0.1) is 6.92 Å². The normalized spacial score (nSPS) is 17.8. The topological polar surface area (TPSA) is 118 Å². The number of halogens is 5. The number of carbonyl (C=O) groups is 1. The Labute approximate surface area is 204 Å². The Hall–Kier alpha value is -4.23. The number of hydrogen-bond acceptors (Lipinski definition) is 6. The zero-order valence-electron chi connectivity index (χ0n) is 19.3. The highest BCUT2D eigenvalue weighted by Crippen LogP contribution is 2.41. The van der Waals surface area contributed by atoms with Crippen LogP contribution in [0.5, 0.6) is 0 Å². The number of nitrogens with zero attached hydrogens (tertiary/aromatic N) is 5. The van der Waals surface area contributed by atoms with Crippen molar-refractivity contribution < 1.29 is 26.7 Å². The molecule has 1 atom stereocenters. The van der Waals surface area contributed by atoms with E-state index in [2.05, 4.69) is 30.4 Å². The minimum absolute atomic E-state index is 0.0162. The highest BCUT2D eigenvalue weighted by atomic mass is 19.4. The van der Waals surface area contributed by atoms with Crippen LogP contribution in [-0.2, 0) is 16.6 Å². The quantitative estimate of drug-likeness (QED) is 0.390. The average molecular weight is 519 g/mol. The fourth-order valence-electron chi connectivity index (χ4n) is 4.25. The number of benzene rings is 1. The maximum Gasteiger partial charge on any atom is 0.453 e. The van der Waals surface area contributed by atoms with Gasteiger partial charge in [0, 0.05) is 6.42 Å². The monoisotopic (exact) mass is 519 g/mol. The Morgan fingerprint density at radius 2 is 1.76 bits per heavy atom. The summed E-state index contributed by atoms with van der Waals surface area (Å²) in [6, 6.07) is 7.09. The largest absolute Gasteiger partial charge is 0.453 e. The number of nitrogens with one attached hydrogen (secondary N) is 2. The molecule has 3 aromatic heterocycles. The number of aryl methyl sites for hydroxylation is 2. The molecule has 0 saturated heterocycles. The second kappa shape index (κ2) is 8.15.